The number of carbonyl (C=O) groups excluding carboxylic acids is 2. The molecule has 10 nitrogen and oxygen atoms in total. The second-order valence-corrected chi connectivity index (χ2v) is 8.02. The number of β-amino-alcohol motifs (C(OH)–C–C–N with tert-alkyl or cyclic N) is 1. The summed E-state index contributed by atoms with van der Waals surface area (Å²) < 4.78 is 10.4. The third-order valence-electron chi connectivity index (χ3n) is 5.89. The molecule has 1 aliphatic carbocycles. The summed E-state index contributed by atoms with van der Waals surface area (Å²) in [6, 6.07) is 17.1. The summed E-state index contributed by atoms with van der Waals surface area (Å²) in [6.45, 7) is -0.604. The quantitative estimate of drug-likeness (QED) is 0.539. The highest BCUT2D eigenvalue weighted by atomic mass is 16.6. The third kappa shape index (κ3) is 3.60. The standard InChI is InChI=1S/C23H19N3O7/c27-20(26-11-23(31,12-26)21(28)29)18-9-19(33-25-18)24-22(30)32-10-17-15-7-3-1-5-13(15)14-6-2-4-8-16(14)17/h1-9,17,31H,10-12H2,(H,24,30)(H,28,29). The predicted molar refractivity (Wildman–Crippen MR) is 114 cm³/mol. The van der Waals surface area contributed by atoms with Crippen molar-refractivity contribution in [3.8, 4) is 11.1 Å². The zero-order valence-corrected chi connectivity index (χ0v) is 17.2. The smallest absolute Gasteiger partial charge is 0.414 e. The Balaban J connectivity index is 1.20. The van der Waals surface area contributed by atoms with E-state index in [1.54, 1.807) is 0 Å². The summed E-state index contributed by atoms with van der Waals surface area (Å²) >= 11 is 0. The minimum Gasteiger partial charge on any atom is -0.479 e. The average Bonchev–Trinajstić information content (AvgIpc) is 3.37. The molecule has 0 radical (unpaired) electrons. The lowest BCUT2D eigenvalue weighted by Gasteiger charge is -2.42. The van der Waals surface area contributed by atoms with Gasteiger partial charge in [0.05, 0.1) is 13.1 Å². The number of likely N-dealkylation sites (tertiary alicyclic amines) is 1. The van der Waals surface area contributed by atoms with E-state index in [1.165, 1.54) is 6.07 Å². The number of rotatable bonds is 5. The molecule has 0 atom stereocenters. The van der Waals surface area contributed by atoms with Crippen LogP contribution in [0.3, 0.4) is 0 Å². The number of hydrogen-bond donors (Lipinski definition) is 3. The topological polar surface area (TPSA) is 142 Å². The monoisotopic (exact) mass is 449 g/mol. The molecule has 5 rings (SSSR count). The SMILES string of the molecule is O=C(Nc1cc(C(=O)N2CC(O)(C(=O)O)C2)no1)OCC1c2ccccc2-c2ccccc21. The van der Waals surface area contributed by atoms with Crippen LogP contribution in [0.25, 0.3) is 11.1 Å². The highest BCUT2D eigenvalue weighted by molar-refractivity contribution is 5.96. The highest BCUT2D eigenvalue weighted by Crippen LogP contribution is 2.44. The van der Waals surface area contributed by atoms with Gasteiger partial charge in [0.2, 0.25) is 5.88 Å². The zero-order chi connectivity index (χ0) is 23.2. The van der Waals surface area contributed by atoms with Crippen molar-refractivity contribution in [2.24, 2.45) is 0 Å². The van der Waals surface area contributed by atoms with Gasteiger partial charge >= 0.3 is 12.1 Å². The predicted octanol–water partition coefficient (Wildman–Crippen LogP) is 2.31. The van der Waals surface area contributed by atoms with E-state index in [4.69, 9.17) is 14.4 Å². The molecule has 2 aromatic carbocycles. The van der Waals surface area contributed by atoms with Crippen molar-refractivity contribution in [2.45, 2.75) is 11.5 Å². The van der Waals surface area contributed by atoms with Gasteiger partial charge in [0, 0.05) is 12.0 Å². The molecule has 33 heavy (non-hydrogen) atoms. The zero-order valence-electron chi connectivity index (χ0n) is 17.2. The minimum absolute atomic E-state index is 0.0930. The number of carboxylic acid groups (broad SMARTS) is 1. The van der Waals surface area contributed by atoms with Crippen molar-refractivity contribution in [2.75, 3.05) is 25.0 Å². The molecular weight excluding hydrogens is 430 g/mol. The average molecular weight is 449 g/mol. The van der Waals surface area contributed by atoms with Crippen LogP contribution in [0.2, 0.25) is 0 Å². The fraction of sp³-hybridized carbons (Fsp3) is 0.217. The van der Waals surface area contributed by atoms with Crippen LogP contribution >= 0.6 is 0 Å². The molecule has 1 saturated heterocycles. The summed E-state index contributed by atoms with van der Waals surface area (Å²) in [5.74, 6) is -2.21. The number of carbonyl (C=O) groups is 3. The molecule has 168 valence electrons. The van der Waals surface area contributed by atoms with Crippen LogP contribution in [0.1, 0.15) is 27.5 Å². The normalized spacial score (nSPS) is 15.8. The summed E-state index contributed by atoms with van der Waals surface area (Å²) in [5, 5.41) is 24.6. The molecule has 0 unspecified atom stereocenters. The number of ether oxygens (including phenoxy) is 1. The van der Waals surface area contributed by atoms with Gasteiger partial charge in [-0.05, 0) is 22.3 Å². The Labute approximate surface area is 187 Å². The first kappa shape index (κ1) is 20.7. The Kier molecular flexibility index (Phi) is 4.86. The molecule has 0 bridgehead atoms. The number of aliphatic hydroxyl groups is 1. The molecule has 3 N–H and O–H groups in total. The first-order chi connectivity index (χ1) is 15.9. The van der Waals surface area contributed by atoms with Gasteiger partial charge in [-0.25, -0.2) is 9.59 Å². The van der Waals surface area contributed by atoms with Gasteiger partial charge < -0.3 is 24.4 Å². The second kappa shape index (κ2) is 7.75. The van der Waals surface area contributed by atoms with Crippen LogP contribution in [0.5, 0.6) is 0 Å². The Hall–Kier alpha value is -4.18. The summed E-state index contributed by atoms with van der Waals surface area (Å²) in [5.41, 5.74) is 2.30. The van der Waals surface area contributed by atoms with Gasteiger partial charge in [-0.15, -0.1) is 0 Å². The van der Waals surface area contributed by atoms with Crippen LogP contribution in [-0.4, -0.2) is 63.5 Å². The number of amides is 2. The fourth-order valence-electron chi connectivity index (χ4n) is 4.20. The first-order valence-corrected chi connectivity index (χ1v) is 10.2. The largest absolute Gasteiger partial charge is 0.479 e. The van der Waals surface area contributed by atoms with Crippen molar-refractivity contribution in [3.05, 3.63) is 71.4 Å². The lowest BCUT2D eigenvalue weighted by molar-refractivity contribution is -0.173. The molecule has 1 aliphatic heterocycles. The number of aliphatic carboxylic acids is 1. The summed E-state index contributed by atoms with van der Waals surface area (Å²) in [4.78, 5) is 36.7. The molecule has 2 heterocycles. The van der Waals surface area contributed by atoms with Crippen molar-refractivity contribution in [1.82, 2.24) is 10.1 Å². The van der Waals surface area contributed by atoms with Crippen LogP contribution in [0.15, 0.2) is 59.1 Å². The van der Waals surface area contributed by atoms with Crippen LogP contribution in [-0.2, 0) is 9.53 Å². The number of benzene rings is 2. The van der Waals surface area contributed by atoms with E-state index in [-0.39, 0.29) is 37.2 Å². The van der Waals surface area contributed by atoms with Gasteiger partial charge in [0.25, 0.3) is 5.91 Å². The molecule has 10 heteroatoms. The van der Waals surface area contributed by atoms with E-state index in [2.05, 4.69) is 10.5 Å². The maximum Gasteiger partial charge on any atom is 0.414 e. The Morgan fingerprint density at radius 3 is 2.30 bits per heavy atom. The molecule has 2 aliphatic rings. The Morgan fingerprint density at radius 1 is 1.09 bits per heavy atom. The minimum atomic E-state index is -1.96. The van der Waals surface area contributed by atoms with Gasteiger partial charge in [-0.1, -0.05) is 53.7 Å². The van der Waals surface area contributed by atoms with Crippen LogP contribution in [0, 0.1) is 0 Å². The molecule has 1 aromatic heterocycles. The maximum absolute atomic E-state index is 12.3. The van der Waals surface area contributed by atoms with Gasteiger partial charge in [0.15, 0.2) is 11.3 Å². The molecule has 0 spiro atoms. The Morgan fingerprint density at radius 2 is 1.70 bits per heavy atom. The number of anilines is 1. The van der Waals surface area contributed by atoms with Crippen molar-refractivity contribution >= 4 is 23.9 Å². The fourth-order valence-corrected chi connectivity index (χ4v) is 4.20. The number of nitrogens with one attached hydrogen (secondary N) is 1. The lowest BCUT2D eigenvalue weighted by atomic mass is 9.94. The Bertz CT molecular complexity index is 1220. The van der Waals surface area contributed by atoms with E-state index in [0.717, 1.165) is 27.2 Å². The molecule has 2 amide bonds. The van der Waals surface area contributed by atoms with E-state index in [0.29, 0.717) is 0 Å². The number of carboxylic acids is 1. The van der Waals surface area contributed by atoms with Crippen molar-refractivity contribution < 1.29 is 33.9 Å². The summed E-state index contributed by atoms with van der Waals surface area (Å²) in [7, 11) is 0. The van der Waals surface area contributed by atoms with E-state index >= 15 is 0 Å². The highest BCUT2D eigenvalue weighted by Gasteiger charge is 2.50. The number of fused-ring (bicyclic) bond motifs is 3. The number of hydrogen-bond acceptors (Lipinski definition) is 7. The van der Waals surface area contributed by atoms with Gasteiger partial charge in [-0.2, -0.15) is 0 Å². The van der Waals surface area contributed by atoms with Gasteiger partial charge in [0.1, 0.15) is 6.61 Å². The molecular formula is C23H19N3O7. The number of aromatic nitrogens is 1. The third-order valence-corrected chi connectivity index (χ3v) is 5.89. The van der Waals surface area contributed by atoms with Crippen molar-refractivity contribution in [1.29, 1.82) is 0 Å². The number of nitrogens with zero attached hydrogens (tertiary/aromatic N) is 2. The second-order valence-electron chi connectivity index (χ2n) is 8.02. The lowest BCUT2D eigenvalue weighted by Crippen LogP contribution is -2.67. The first-order valence-electron chi connectivity index (χ1n) is 10.2. The van der Waals surface area contributed by atoms with Crippen LogP contribution < -0.4 is 5.32 Å². The maximum atomic E-state index is 12.3. The van der Waals surface area contributed by atoms with Crippen molar-refractivity contribution in [3.63, 3.8) is 0 Å². The molecule has 1 fully saturated rings. The van der Waals surface area contributed by atoms with Gasteiger partial charge in [-0.3, -0.25) is 10.1 Å². The molecule has 3 aromatic rings. The van der Waals surface area contributed by atoms with Crippen LogP contribution in [0.4, 0.5) is 10.7 Å². The van der Waals surface area contributed by atoms with E-state index < -0.39 is 23.6 Å². The summed E-state index contributed by atoms with van der Waals surface area (Å²) in [6.07, 6.45) is -0.767. The van der Waals surface area contributed by atoms with E-state index in [9.17, 15) is 19.5 Å². The van der Waals surface area contributed by atoms with E-state index in [1.807, 2.05) is 48.5 Å². The molecule has 0 saturated carbocycles.